The molecule has 1 saturated heterocycles. The molecule has 0 aromatic carbocycles. The van der Waals surface area contributed by atoms with Gasteiger partial charge in [0.25, 0.3) is 0 Å². The van der Waals surface area contributed by atoms with Crippen molar-refractivity contribution in [3.05, 3.63) is 0 Å². The van der Waals surface area contributed by atoms with Crippen LogP contribution in [0.1, 0.15) is 206 Å². The third-order valence-corrected chi connectivity index (χ3v) is 10.7. The second-order valence-electron chi connectivity index (χ2n) is 15.0. The van der Waals surface area contributed by atoms with Gasteiger partial charge in [-0.1, -0.05) is 180 Å². The molecular formula is C40H81O8P. The van der Waals surface area contributed by atoms with E-state index in [1.807, 2.05) is 13.8 Å². The standard InChI is InChI=1S/C40H81O8P/c1-40(2)45-38-39(48-40)37-44-34-31-29-27-25-23-21-19-17-15-13-11-9-7-5-3-4-6-8-10-12-14-16-18-20-22-24-26-28-30-32-35-46-49(42,43)47-36-33-41/h39,41H,3-38H2,1-2H3,(H,42,43)/t39-/m0/s1. The van der Waals surface area contributed by atoms with Crippen molar-refractivity contribution in [3.63, 3.8) is 0 Å². The summed E-state index contributed by atoms with van der Waals surface area (Å²) in [6.45, 7) is 5.84. The minimum Gasteiger partial charge on any atom is -0.394 e. The highest BCUT2D eigenvalue weighted by Gasteiger charge is 2.32. The average molecular weight is 721 g/mol. The van der Waals surface area contributed by atoms with Gasteiger partial charge in [-0.25, -0.2) is 4.57 Å². The SMILES string of the molecule is CC1(C)OC[C@H](COCCCCCCCCCCCCCCCCCCCCCCCCCCCCCCCCOP(=O)(O)OCCO)O1. The maximum absolute atomic E-state index is 11.5. The highest BCUT2D eigenvalue weighted by molar-refractivity contribution is 7.47. The maximum Gasteiger partial charge on any atom is 0.472 e. The molecule has 0 bridgehead atoms. The summed E-state index contributed by atoms with van der Waals surface area (Å²) in [5, 5.41) is 8.62. The van der Waals surface area contributed by atoms with E-state index < -0.39 is 13.6 Å². The van der Waals surface area contributed by atoms with Crippen molar-refractivity contribution in [2.45, 2.75) is 218 Å². The number of phosphoric ester groups is 1. The van der Waals surface area contributed by atoms with E-state index in [9.17, 15) is 9.46 Å². The first-order valence-corrected chi connectivity index (χ1v) is 22.5. The highest BCUT2D eigenvalue weighted by Crippen LogP contribution is 2.43. The van der Waals surface area contributed by atoms with Crippen LogP contribution in [0, 0.1) is 0 Å². The lowest BCUT2D eigenvalue weighted by Gasteiger charge is -2.17. The van der Waals surface area contributed by atoms with Crippen molar-refractivity contribution in [3.8, 4) is 0 Å². The number of unbranched alkanes of at least 4 members (excludes halogenated alkanes) is 29. The molecule has 1 rings (SSSR count). The maximum atomic E-state index is 11.5. The Morgan fingerprint density at radius 2 is 0.837 bits per heavy atom. The first kappa shape index (κ1) is 47.0. The third kappa shape index (κ3) is 33.5. The second-order valence-corrected chi connectivity index (χ2v) is 16.4. The number of hydrogen-bond acceptors (Lipinski definition) is 7. The number of ether oxygens (including phenoxy) is 3. The molecule has 0 aromatic rings. The lowest BCUT2D eigenvalue weighted by Crippen LogP contribution is -2.24. The molecule has 2 atom stereocenters. The minimum atomic E-state index is -3.98. The molecule has 0 aliphatic carbocycles. The van der Waals surface area contributed by atoms with Crippen LogP contribution in [0.5, 0.6) is 0 Å². The van der Waals surface area contributed by atoms with Crippen molar-refractivity contribution in [2.24, 2.45) is 0 Å². The van der Waals surface area contributed by atoms with Crippen molar-refractivity contribution >= 4 is 7.82 Å². The number of aliphatic hydroxyl groups is 1. The molecule has 1 aliphatic rings. The van der Waals surface area contributed by atoms with E-state index >= 15 is 0 Å². The summed E-state index contributed by atoms with van der Waals surface area (Å²) in [7, 11) is -3.98. The third-order valence-electron chi connectivity index (χ3n) is 9.65. The first-order chi connectivity index (χ1) is 23.8. The normalized spacial score (nSPS) is 17.2. The van der Waals surface area contributed by atoms with Gasteiger partial charge in [0.2, 0.25) is 0 Å². The van der Waals surface area contributed by atoms with Crippen LogP contribution in [0.15, 0.2) is 0 Å². The molecule has 1 aliphatic heterocycles. The van der Waals surface area contributed by atoms with Crippen molar-refractivity contribution in [1.29, 1.82) is 0 Å². The molecule has 1 unspecified atom stereocenters. The van der Waals surface area contributed by atoms with E-state index in [-0.39, 0.29) is 25.9 Å². The number of phosphoric acid groups is 1. The van der Waals surface area contributed by atoms with Gasteiger partial charge in [-0.3, -0.25) is 9.05 Å². The Bertz CT molecular complexity index is 737. The van der Waals surface area contributed by atoms with Crippen LogP contribution in [-0.2, 0) is 27.8 Å². The van der Waals surface area contributed by atoms with E-state index in [0.29, 0.717) is 13.2 Å². The van der Waals surface area contributed by atoms with Gasteiger partial charge < -0.3 is 24.2 Å². The Hall–Kier alpha value is -0.0500. The van der Waals surface area contributed by atoms with Crippen LogP contribution in [0.25, 0.3) is 0 Å². The predicted molar refractivity (Wildman–Crippen MR) is 203 cm³/mol. The number of aliphatic hydroxyl groups excluding tert-OH is 1. The lowest BCUT2D eigenvalue weighted by atomic mass is 10.0. The zero-order chi connectivity index (χ0) is 35.6. The second kappa shape index (κ2) is 33.8. The minimum absolute atomic E-state index is 0.0972. The van der Waals surface area contributed by atoms with Crippen LogP contribution in [0.4, 0.5) is 0 Å². The van der Waals surface area contributed by atoms with Gasteiger partial charge in [0.05, 0.1) is 33.0 Å². The van der Waals surface area contributed by atoms with Crippen molar-refractivity contribution < 1.29 is 37.8 Å². The highest BCUT2D eigenvalue weighted by atomic mass is 31.2. The summed E-state index contributed by atoms with van der Waals surface area (Å²) < 4.78 is 38.0. The summed E-state index contributed by atoms with van der Waals surface area (Å²) in [4.78, 5) is 9.38. The largest absolute Gasteiger partial charge is 0.472 e. The number of hydrogen-bond donors (Lipinski definition) is 2. The quantitative estimate of drug-likeness (QED) is 0.0478. The molecule has 1 fully saturated rings. The van der Waals surface area contributed by atoms with Crippen LogP contribution in [-0.4, -0.2) is 61.5 Å². The zero-order valence-electron chi connectivity index (χ0n) is 32.3. The van der Waals surface area contributed by atoms with Crippen LogP contribution >= 0.6 is 7.82 Å². The monoisotopic (exact) mass is 721 g/mol. The van der Waals surface area contributed by atoms with Gasteiger partial charge in [-0.2, -0.15) is 0 Å². The molecule has 0 aromatic heterocycles. The molecule has 0 saturated carbocycles. The van der Waals surface area contributed by atoms with Gasteiger partial charge in [-0.05, 0) is 26.7 Å². The predicted octanol–water partition coefficient (Wildman–Crippen LogP) is 12.0. The molecule has 9 heteroatoms. The summed E-state index contributed by atoms with van der Waals surface area (Å²) in [6, 6.07) is 0. The van der Waals surface area contributed by atoms with E-state index in [4.69, 9.17) is 23.8 Å². The lowest BCUT2D eigenvalue weighted by molar-refractivity contribution is -0.145. The average Bonchev–Trinajstić information content (AvgIpc) is 3.43. The first-order valence-electron chi connectivity index (χ1n) is 21.0. The molecule has 2 N–H and O–H groups in total. The fourth-order valence-corrected chi connectivity index (χ4v) is 7.44. The molecule has 49 heavy (non-hydrogen) atoms. The Morgan fingerprint density at radius 1 is 0.531 bits per heavy atom. The van der Waals surface area contributed by atoms with Gasteiger partial charge in [-0.15, -0.1) is 0 Å². The molecule has 8 nitrogen and oxygen atoms in total. The molecular weight excluding hydrogens is 639 g/mol. The summed E-state index contributed by atoms with van der Waals surface area (Å²) in [5.74, 6) is -0.443. The Kier molecular flexibility index (Phi) is 32.4. The molecule has 1 heterocycles. The molecule has 0 spiro atoms. The molecule has 294 valence electrons. The Balaban J connectivity index is 1.63. The van der Waals surface area contributed by atoms with Crippen LogP contribution in [0.3, 0.4) is 0 Å². The number of rotatable bonds is 39. The Labute approximate surface area is 303 Å². The van der Waals surface area contributed by atoms with Crippen molar-refractivity contribution in [2.75, 3.05) is 39.6 Å². The molecule has 0 amide bonds. The van der Waals surface area contributed by atoms with Gasteiger partial charge in [0.1, 0.15) is 6.10 Å². The molecule has 0 radical (unpaired) electrons. The van der Waals surface area contributed by atoms with Crippen LogP contribution in [0.2, 0.25) is 0 Å². The smallest absolute Gasteiger partial charge is 0.394 e. The van der Waals surface area contributed by atoms with Gasteiger partial charge >= 0.3 is 7.82 Å². The van der Waals surface area contributed by atoms with E-state index in [1.165, 1.54) is 167 Å². The zero-order valence-corrected chi connectivity index (χ0v) is 33.2. The summed E-state index contributed by atoms with van der Waals surface area (Å²) >= 11 is 0. The summed E-state index contributed by atoms with van der Waals surface area (Å²) in [5.41, 5.74) is 0. The van der Waals surface area contributed by atoms with Crippen molar-refractivity contribution in [1.82, 2.24) is 0 Å². The fourth-order valence-electron chi connectivity index (χ4n) is 6.69. The van der Waals surface area contributed by atoms with Gasteiger partial charge in [0.15, 0.2) is 5.79 Å². The van der Waals surface area contributed by atoms with Gasteiger partial charge in [0, 0.05) is 6.61 Å². The van der Waals surface area contributed by atoms with E-state index in [1.54, 1.807) is 0 Å². The van der Waals surface area contributed by atoms with E-state index in [2.05, 4.69) is 4.52 Å². The van der Waals surface area contributed by atoms with Crippen LogP contribution < -0.4 is 0 Å². The topological polar surface area (TPSA) is 104 Å². The fraction of sp³-hybridized carbons (Fsp3) is 1.00. The Morgan fingerprint density at radius 3 is 1.14 bits per heavy atom. The van der Waals surface area contributed by atoms with E-state index in [0.717, 1.165) is 32.3 Å². The summed E-state index contributed by atoms with van der Waals surface area (Å²) in [6.07, 6.45) is 40.4.